The second kappa shape index (κ2) is 5.45. The Balaban J connectivity index is 2.40. The molecule has 0 unspecified atom stereocenters. The van der Waals surface area contributed by atoms with E-state index >= 15 is 0 Å². The minimum atomic E-state index is -0.900. The predicted molar refractivity (Wildman–Crippen MR) is 52.2 cm³/mol. The van der Waals surface area contributed by atoms with Crippen LogP contribution in [0.4, 0.5) is 0 Å². The van der Waals surface area contributed by atoms with Gasteiger partial charge in [0.05, 0.1) is 6.54 Å². The Morgan fingerprint density at radius 2 is 2.40 bits per heavy atom. The number of rotatable bonds is 6. The summed E-state index contributed by atoms with van der Waals surface area (Å²) in [6.07, 6.45) is 1.73. The molecule has 0 amide bonds. The molecule has 1 aromatic rings. The lowest BCUT2D eigenvalue weighted by Gasteiger charge is -2.04. The number of carbonyl (C=O) groups is 1. The fourth-order valence-electron chi connectivity index (χ4n) is 1.01. The number of aliphatic carboxylic acids is 1. The number of carboxylic acid groups (broad SMARTS) is 1. The van der Waals surface area contributed by atoms with E-state index in [-0.39, 0.29) is 6.54 Å². The molecule has 0 saturated carbocycles. The van der Waals surface area contributed by atoms with E-state index in [4.69, 9.17) is 9.63 Å². The van der Waals surface area contributed by atoms with Crippen molar-refractivity contribution in [2.24, 2.45) is 0 Å². The Morgan fingerprint density at radius 3 is 3.00 bits per heavy atom. The number of carboxylic acids is 1. The van der Waals surface area contributed by atoms with Crippen LogP contribution in [-0.2, 0) is 17.8 Å². The first-order chi connectivity index (χ1) is 7.13. The zero-order valence-electron chi connectivity index (χ0n) is 8.86. The molecule has 0 radical (unpaired) electrons. The molecule has 1 rings (SSSR count). The van der Waals surface area contributed by atoms with E-state index in [0.29, 0.717) is 11.7 Å². The van der Waals surface area contributed by atoms with Gasteiger partial charge in [0.2, 0.25) is 5.89 Å². The monoisotopic (exact) mass is 213 g/mol. The molecule has 0 fully saturated rings. The molecule has 1 heterocycles. The van der Waals surface area contributed by atoms with Crippen LogP contribution in [0.2, 0.25) is 0 Å². The average molecular weight is 213 g/mol. The molecule has 0 saturated heterocycles. The molecule has 6 heteroatoms. The molecule has 15 heavy (non-hydrogen) atoms. The number of nitrogens with zero attached hydrogens (tertiary/aromatic N) is 2. The number of nitrogens with one attached hydrogen (secondary N) is 1. The van der Waals surface area contributed by atoms with Crippen molar-refractivity contribution in [2.75, 3.05) is 0 Å². The molecule has 1 aromatic heterocycles. The summed E-state index contributed by atoms with van der Waals surface area (Å²) >= 11 is 0. The highest BCUT2D eigenvalue weighted by Gasteiger charge is 2.12. The van der Waals surface area contributed by atoms with Crippen LogP contribution in [0.5, 0.6) is 0 Å². The zero-order valence-corrected chi connectivity index (χ0v) is 8.86. The van der Waals surface area contributed by atoms with Crippen molar-refractivity contribution in [3.63, 3.8) is 0 Å². The fourth-order valence-corrected chi connectivity index (χ4v) is 1.01. The van der Waals surface area contributed by atoms with E-state index in [1.165, 1.54) is 0 Å². The molecule has 84 valence electrons. The summed E-state index contributed by atoms with van der Waals surface area (Å²) in [4.78, 5) is 14.6. The van der Waals surface area contributed by atoms with Gasteiger partial charge in [-0.3, -0.25) is 10.1 Å². The quantitative estimate of drug-likeness (QED) is 0.718. The highest BCUT2D eigenvalue weighted by Crippen LogP contribution is 2.00. The molecule has 6 nitrogen and oxygen atoms in total. The van der Waals surface area contributed by atoms with Crippen molar-refractivity contribution < 1.29 is 14.4 Å². The maximum atomic E-state index is 10.5. The SMILES string of the molecule is CCCc1noc(CN[C@H](C)C(=O)O)n1. The van der Waals surface area contributed by atoms with Crippen molar-refractivity contribution in [1.29, 1.82) is 0 Å². The summed E-state index contributed by atoms with van der Waals surface area (Å²) < 4.78 is 4.93. The predicted octanol–water partition coefficient (Wildman–Crippen LogP) is 0.585. The summed E-state index contributed by atoms with van der Waals surface area (Å²) in [5.41, 5.74) is 0. The zero-order chi connectivity index (χ0) is 11.3. The minimum Gasteiger partial charge on any atom is -0.480 e. The lowest BCUT2D eigenvalue weighted by atomic mass is 10.3. The van der Waals surface area contributed by atoms with Gasteiger partial charge in [0.25, 0.3) is 0 Å². The van der Waals surface area contributed by atoms with Gasteiger partial charge < -0.3 is 9.63 Å². The van der Waals surface area contributed by atoms with E-state index in [0.717, 1.165) is 12.8 Å². The highest BCUT2D eigenvalue weighted by atomic mass is 16.5. The lowest BCUT2D eigenvalue weighted by Crippen LogP contribution is -2.33. The third kappa shape index (κ3) is 3.67. The molecule has 0 bridgehead atoms. The fraction of sp³-hybridized carbons (Fsp3) is 0.667. The molecule has 2 N–H and O–H groups in total. The van der Waals surface area contributed by atoms with Crippen LogP contribution in [0.25, 0.3) is 0 Å². The van der Waals surface area contributed by atoms with Gasteiger partial charge in [-0.2, -0.15) is 4.98 Å². The van der Waals surface area contributed by atoms with E-state index in [2.05, 4.69) is 15.5 Å². The van der Waals surface area contributed by atoms with Crippen molar-refractivity contribution >= 4 is 5.97 Å². The average Bonchev–Trinajstić information content (AvgIpc) is 2.62. The molecule has 0 aromatic carbocycles. The van der Waals surface area contributed by atoms with Crippen LogP contribution in [0.1, 0.15) is 32.0 Å². The van der Waals surface area contributed by atoms with Gasteiger partial charge in [-0.1, -0.05) is 12.1 Å². The topological polar surface area (TPSA) is 88.2 Å². The Hall–Kier alpha value is -1.43. The summed E-state index contributed by atoms with van der Waals surface area (Å²) in [6.45, 7) is 3.87. The second-order valence-corrected chi connectivity index (χ2v) is 3.30. The first-order valence-electron chi connectivity index (χ1n) is 4.91. The van der Waals surface area contributed by atoms with E-state index in [1.54, 1.807) is 6.92 Å². The lowest BCUT2D eigenvalue weighted by molar-refractivity contribution is -0.139. The van der Waals surface area contributed by atoms with E-state index in [9.17, 15) is 4.79 Å². The molecular weight excluding hydrogens is 198 g/mol. The molecule has 0 aliphatic heterocycles. The standard InChI is InChI=1S/C9H15N3O3/c1-3-4-7-11-8(15-12-7)5-10-6(2)9(13)14/h6,10H,3-5H2,1-2H3,(H,13,14)/t6-/m1/s1. The van der Waals surface area contributed by atoms with Gasteiger partial charge in [-0.25, -0.2) is 0 Å². The van der Waals surface area contributed by atoms with Crippen molar-refractivity contribution in [1.82, 2.24) is 15.5 Å². The minimum absolute atomic E-state index is 0.282. The van der Waals surface area contributed by atoms with Crippen LogP contribution in [0, 0.1) is 0 Å². The first-order valence-corrected chi connectivity index (χ1v) is 4.91. The van der Waals surface area contributed by atoms with Gasteiger partial charge in [0.15, 0.2) is 5.82 Å². The molecule has 0 spiro atoms. The van der Waals surface area contributed by atoms with Gasteiger partial charge in [0, 0.05) is 6.42 Å². The summed E-state index contributed by atoms with van der Waals surface area (Å²) in [6, 6.07) is -0.619. The Morgan fingerprint density at radius 1 is 1.67 bits per heavy atom. The number of aryl methyl sites for hydroxylation is 1. The molecule has 1 atom stereocenters. The largest absolute Gasteiger partial charge is 0.480 e. The molecule has 0 aliphatic rings. The van der Waals surface area contributed by atoms with Crippen LogP contribution in [-0.4, -0.2) is 27.3 Å². The van der Waals surface area contributed by atoms with E-state index < -0.39 is 12.0 Å². The van der Waals surface area contributed by atoms with Crippen LogP contribution in [0.15, 0.2) is 4.52 Å². The van der Waals surface area contributed by atoms with E-state index in [1.807, 2.05) is 6.92 Å². The van der Waals surface area contributed by atoms with Crippen LogP contribution in [0.3, 0.4) is 0 Å². The first kappa shape index (κ1) is 11.6. The summed E-state index contributed by atoms with van der Waals surface area (Å²) in [7, 11) is 0. The Bertz CT molecular complexity index is 324. The maximum Gasteiger partial charge on any atom is 0.320 e. The third-order valence-corrected chi connectivity index (χ3v) is 1.91. The molecule has 0 aliphatic carbocycles. The van der Waals surface area contributed by atoms with Gasteiger partial charge in [0.1, 0.15) is 6.04 Å². The number of aromatic nitrogens is 2. The van der Waals surface area contributed by atoms with Crippen LogP contribution < -0.4 is 5.32 Å². The van der Waals surface area contributed by atoms with Crippen molar-refractivity contribution in [3.8, 4) is 0 Å². The normalized spacial score (nSPS) is 12.7. The van der Waals surface area contributed by atoms with Gasteiger partial charge in [-0.05, 0) is 13.3 Å². The van der Waals surface area contributed by atoms with Crippen molar-refractivity contribution in [2.45, 2.75) is 39.3 Å². The van der Waals surface area contributed by atoms with Gasteiger partial charge in [-0.15, -0.1) is 0 Å². The summed E-state index contributed by atoms with van der Waals surface area (Å²) in [5.74, 6) is 0.187. The van der Waals surface area contributed by atoms with Crippen LogP contribution >= 0.6 is 0 Å². The number of hydrogen-bond donors (Lipinski definition) is 2. The van der Waals surface area contributed by atoms with Gasteiger partial charge >= 0.3 is 5.97 Å². The molecular formula is C9H15N3O3. The second-order valence-electron chi connectivity index (χ2n) is 3.30. The maximum absolute atomic E-state index is 10.5. The summed E-state index contributed by atoms with van der Waals surface area (Å²) in [5, 5.41) is 15.1. The Kier molecular flexibility index (Phi) is 4.23. The third-order valence-electron chi connectivity index (χ3n) is 1.91. The number of hydrogen-bond acceptors (Lipinski definition) is 5. The van der Waals surface area contributed by atoms with Crippen molar-refractivity contribution in [3.05, 3.63) is 11.7 Å². The smallest absolute Gasteiger partial charge is 0.320 e. The Labute approximate surface area is 87.7 Å². The highest BCUT2D eigenvalue weighted by molar-refractivity contribution is 5.72.